The highest BCUT2D eigenvalue weighted by Crippen LogP contribution is 2.33. The van der Waals surface area contributed by atoms with Gasteiger partial charge in [0.05, 0.1) is 12.0 Å². The van der Waals surface area contributed by atoms with Gasteiger partial charge in [-0.15, -0.1) is 0 Å². The molecule has 21 heavy (non-hydrogen) atoms. The lowest BCUT2D eigenvalue weighted by Gasteiger charge is -2.07. The number of phenols is 1. The summed E-state index contributed by atoms with van der Waals surface area (Å²) in [6.07, 6.45) is 1.41. The fourth-order valence-corrected chi connectivity index (χ4v) is 2.56. The van der Waals surface area contributed by atoms with Crippen LogP contribution in [0.1, 0.15) is 5.56 Å². The number of carbonyl (C=O) groups excluding carboxylic acids is 2. The molecular weight excluding hydrogens is 298 g/mol. The number of aromatic hydroxyl groups is 1. The highest BCUT2D eigenvalue weighted by Gasteiger charge is 2.36. The van der Waals surface area contributed by atoms with E-state index in [2.05, 4.69) is 0 Å². The maximum Gasteiger partial charge on any atom is 0.323 e. The van der Waals surface area contributed by atoms with Gasteiger partial charge in [0, 0.05) is 0 Å². The van der Waals surface area contributed by atoms with Gasteiger partial charge in [0.25, 0.3) is 11.1 Å². The van der Waals surface area contributed by atoms with Crippen LogP contribution in [0.4, 0.5) is 4.79 Å². The zero-order chi connectivity index (χ0) is 15.6. The number of nitrogens with zero attached hydrogens (tertiary/aromatic N) is 1. The highest BCUT2D eigenvalue weighted by molar-refractivity contribution is 8.18. The summed E-state index contributed by atoms with van der Waals surface area (Å²) < 4.78 is 4.90. The van der Waals surface area contributed by atoms with Gasteiger partial charge < -0.3 is 14.9 Å². The van der Waals surface area contributed by atoms with E-state index in [0.29, 0.717) is 22.2 Å². The summed E-state index contributed by atoms with van der Waals surface area (Å²) in [4.78, 5) is 34.9. The van der Waals surface area contributed by atoms with E-state index < -0.39 is 23.7 Å². The van der Waals surface area contributed by atoms with E-state index in [-0.39, 0.29) is 16.4 Å². The van der Waals surface area contributed by atoms with Crippen molar-refractivity contribution in [3.05, 3.63) is 28.7 Å². The Labute approximate surface area is 123 Å². The lowest BCUT2D eigenvalue weighted by atomic mass is 10.2. The first-order valence-electron chi connectivity index (χ1n) is 5.76. The lowest BCUT2D eigenvalue weighted by molar-refractivity contribution is -0.140. The molecule has 0 aliphatic carbocycles. The van der Waals surface area contributed by atoms with Crippen LogP contribution in [0.3, 0.4) is 0 Å². The van der Waals surface area contributed by atoms with Crippen LogP contribution in [-0.4, -0.2) is 45.9 Å². The number of hydrogen-bond acceptors (Lipinski definition) is 6. The predicted molar refractivity (Wildman–Crippen MR) is 75.0 cm³/mol. The zero-order valence-electron chi connectivity index (χ0n) is 10.9. The minimum Gasteiger partial charge on any atom is -0.504 e. The van der Waals surface area contributed by atoms with Crippen LogP contribution in [0.25, 0.3) is 6.08 Å². The first-order valence-corrected chi connectivity index (χ1v) is 6.58. The van der Waals surface area contributed by atoms with Gasteiger partial charge in [0.2, 0.25) is 0 Å². The summed E-state index contributed by atoms with van der Waals surface area (Å²) in [7, 11) is 1.41. The van der Waals surface area contributed by atoms with Crippen LogP contribution in [0, 0.1) is 0 Å². The van der Waals surface area contributed by atoms with E-state index in [1.165, 1.54) is 25.3 Å². The van der Waals surface area contributed by atoms with E-state index in [1.54, 1.807) is 6.07 Å². The summed E-state index contributed by atoms with van der Waals surface area (Å²) >= 11 is 0.657. The van der Waals surface area contributed by atoms with Gasteiger partial charge in [-0.25, -0.2) is 0 Å². The number of ether oxygens (including phenoxy) is 1. The number of methoxy groups -OCH3 is 1. The molecule has 7 nitrogen and oxygen atoms in total. The average Bonchev–Trinajstić information content (AvgIpc) is 2.66. The Hall–Kier alpha value is -2.48. The van der Waals surface area contributed by atoms with Crippen molar-refractivity contribution in [2.24, 2.45) is 0 Å². The first kappa shape index (κ1) is 14.9. The minimum absolute atomic E-state index is 0.101. The molecule has 1 aromatic carbocycles. The number of imide groups is 1. The van der Waals surface area contributed by atoms with E-state index in [1.807, 2.05) is 0 Å². The third-order valence-electron chi connectivity index (χ3n) is 2.67. The first-order chi connectivity index (χ1) is 9.92. The van der Waals surface area contributed by atoms with Gasteiger partial charge in [-0.1, -0.05) is 6.07 Å². The SMILES string of the molecule is COc1ccc(/C=C2/SC(=O)N(CC(=O)O)C2=O)cc1O. The Morgan fingerprint density at radius 1 is 1.43 bits per heavy atom. The van der Waals surface area contributed by atoms with E-state index >= 15 is 0 Å². The second kappa shape index (κ2) is 5.88. The second-order valence-corrected chi connectivity index (χ2v) is 5.09. The molecule has 0 radical (unpaired) electrons. The summed E-state index contributed by atoms with van der Waals surface area (Å²) in [6, 6.07) is 4.50. The smallest absolute Gasteiger partial charge is 0.323 e. The summed E-state index contributed by atoms with van der Waals surface area (Å²) in [6.45, 7) is -0.671. The molecule has 1 fully saturated rings. The number of thioether (sulfide) groups is 1. The summed E-state index contributed by atoms with van der Waals surface area (Å²) in [5, 5.41) is 17.7. The maximum absolute atomic E-state index is 11.9. The number of carbonyl (C=O) groups is 3. The molecule has 2 amide bonds. The van der Waals surface area contributed by atoms with Gasteiger partial charge in [0.15, 0.2) is 11.5 Å². The minimum atomic E-state index is -1.26. The van der Waals surface area contributed by atoms with Crippen molar-refractivity contribution in [2.75, 3.05) is 13.7 Å². The number of benzene rings is 1. The number of aliphatic carboxylic acids is 1. The fraction of sp³-hybridized carbons (Fsp3) is 0.154. The van der Waals surface area contributed by atoms with Crippen molar-refractivity contribution < 1.29 is 29.3 Å². The number of hydrogen-bond donors (Lipinski definition) is 2. The van der Waals surface area contributed by atoms with Crippen LogP contribution in [0.15, 0.2) is 23.1 Å². The summed E-state index contributed by atoms with van der Waals surface area (Å²) in [5.41, 5.74) is 0.495. The Morgan fingerprint density at radius 3 is 2.71 bits per heavy atom. The Kier molecular flexibility index (Phi) is 4.18. The van der Waals surface area contributed by atoms with Crippen LogP contribution in [-0.2, 0) is 9.59 Å². The number of carboxylic acids is 1. The lowest BCUT2D eigenvalue weighted by Crippen LogP contribution is -2.33. The Balaban J connectivity index is 2.26. The quantitative estimate of drug-likeness (QED) is 0.812. The van der Waals surface area contributed by atoms with Crippen molar-refractivity contribution in [2.45, 2.75) is 0 Å². The molecule has 1 aromatic rings. The molecule has 8 heteroatoms. The highest BCUT2D eigenvalue weighted by atomic mass is 32.2. The molecule has 2 rings (SSSR count). The van der Waals surface area contributed by atoms with Crippen molar-refractivity contribution in [3.63, 3.8) is 0 Å². The molecule has 0 saturated carbocycles. The number of rotatable bonds is 4. The molecule has 110 valence electrons. The largest absolute Gasteiger partial charge is 0.504 e. The molecule has 0 spiro atoms. The average molecular weight is 309 g/mol. The number of phenolic OH excluding ortho intramolecular Hbond substituents is 1. The number of amides is 2. The van der Waals surface area contributed by atoms with Crippen LogP contribution < -0.4 is 4.74 Å². The predicted octanol–water partition coefficient (Wildman–Crippen LogP) is 1.52. The zero-order valence-corrected chi connectivity index (χ0v) is 11.7. The van der Waals surface area contributed by atoms with E-state index in [0.717, 1.165) is 0 Å². The second-order valence-electron chi connectivity index (χ2n) is 4.09. The Morgan fingerprint density at radius 2 is 2.14 bits per heavy atom. The van der Waals surface area contributed by atoms with Gasteiger partial charge in [-0.2, -0.15) is 0 Å². The third-order valence-corrected chi connectivity index (χ3v) is 3.58. The third kappa shape index (κ3) is 3.16. The van der Waals surface area contributed by atoms with Gasteiger partial charge in [0.1, 0.15) is 6.54 Å². The van der Waals surface area contributed by atoms with Crippen molar-refractivity contribution in [1.82, 2.24) is 4.90 Å². The van der Waals surface area contributed by atoms with Crippen LogP contribution >= 0.6 is 11.8 Å². The molecule has 1 saturated heterocycles. The van der Waals surface area contributed by atoms with E-state index in [4.69, 9.17) is 9.84 Å². The molecule has 0 atom stereocenters. The van der Waals surface area contributed by atoms with Crippen molar-refractivity contribution >= 4 is 35.0 Å². The monoisotopic (exact) mass is 309 g/mol. The summed E-state index contributed by atoms with van der Waals surface area (Å²) in [5.74, 6) is -1.74. The molecule has 0 unspecified atom stereocenters. The Bertz CT molecular complexity index is 654. The van der Waals surface area contributed by atoms with Gasteiger partial charge in [-0.3, -0.25) is 19.3 Å². The van der Waals surface area contributed by atoms with Crippen LogP contribution in [0.5, 0.6) is 11.5 Å². The fourth-order valence-electron chi connectivity index (χ4n) is 1.72. The molecule has 2 N–H and O–H groups in total. The molecule has 0 aromatic heterocycles. The van der Waals surface area contributed by atoms with Gasteiger partial charge in [-0.05, 0) is 35.5 Å². The molecule has 0 bridgehead atoms. The van der Waals surface area contributed by atoms with Crippen LogP contribution in [0.2, 0.25) is 0 Å². The number of carboxylic acid groups (broad SMARTS) is 1. The van der Waals surface area contributed by atoms with Crippen molar-refractivity contribution in [3.8, 4) is 11.5 Å². The van der Waals surface area contributed by atoms with Gasteiger partial charge >= 0.3 is 5.97 Å². The maximum atomic E-state index is 11.9. The molecule has 1 heterocycles. The van der Waals surface area contributed by atoms with Crippen molar-refractivity contribution in [1.29, 1.82) is 0 Å². The molecule has 1 aliphatic heterocycles. The normalized spacial score (nSPS) is 16.6. The standard InChI is InChI=1S/C13H11NO6S/c1-20-9-3-2-7(4-8(9)15)5-10-12(18)14(6-11(16)17)13(19)21-10/h2-5,15H,6H2,1H3,(H,16,17)/b10-5+. The topological polar surface area (TPSA) is 104 Å². The van der Waals surface area contributed by atoms with E-state index in [9.17, 15) is 19.5 Å². The molecule has 1 aliphatic rings. The molecular formula is C13H11NO6S.